The van der Waals surface area contributed by atoms with Crippen LogP contribution >= 0.6 is 0 Å². The van der Waals surface area contributed by atoms with E-state index in [2.05, 4.69) is 14.3 Å². The SMILES string of the molecule is CCS(=O)(=O)c1cc(-c2ccc(OS(=O)(=O)F)cc2)cnc1-n1ncc2ccc(C(F)(F)F)cc2c1=O. The van der Waals surface area contributed by atoms with Gasteiger partial charge in [-0.25, -0.2) is 13.4 Å². The van der Waals surface area contributed by atoms with E-state index in [0.717, 1.165) is 30.5 Å². The van der Waals surface area contributed by atoms with Gasteiger partial charge in [0.05, 0.1) is 22.9 Å². The van der Waals surface area contributed by atoms with Crippen LogP contribution in [0.15, 0.2) is 70.6 Å². The summed E-state index contributed by atoms with van der Waals surface area (Å²) in [4.78, 5) is 16.7. The smallest absolute Gasteiger partial charge is 0.358 e. The number of fused-ring (bicyclic) bond motifs is 1. The number of nitrogens with zero attached hydrogens (tertiary/aromatic N) is 3. The molecule has 0 amide bonds. The summed E-state index contributed by atoms with van der Waals surface area (Å²) in [5, 5.41) is 3.69. The maximum atomic E-state index is 13.2. The van der Waals surface area contributed by atoms with E-state index in [1.807, 2.05) is 0 Å². The number of rotatable bonds is 6. The minimum atomic E-state index is -5.24. The van der Waals surface area contributed by atoms with E-state index in [9.17, 15) is 38.7 Å². The Morgan fingerprint density at radius 1 is 0.946 bits per heavy atom. The Morgan fingerprint density at radius 2 is 1.62 bits per heavy atom. The molecule has 0 saturated heterocycles. The topological polar surface area (TPSA) is 125 Å². The molecule has 2 aromatic heterocycles. The normalized spacial score (nSPS) is 12.6. The van der Waals surface area contributed by atoms with E-state index in [1.165, 1.54) is 31.3 Å². The molecular weight excluding hydrogens is 542 g/mol. The molecule has 0 unspecified atom stereocenters. The molecule has 0 radical (unpaired) electrons. The highest BCUT2D eigenvalue weighted by Crippen LogP contribution is 2.31. The first-order valence-electron chi connectivity index (χ1n) is 10.3. The predicted octanol–water partition coefficient (Wildman–Crippen LogP) is 3.85. The zero-order valence-corrected chi connectivity index (χ0v) is 20.2. The van der Waals surface area contributed by atoms with Crippen LogP contribution in [0.25, 0.3) is 27.7 Å². The highest BCUT2D eigenvalue weighted by molar-refractivity contribution is 7.91. The molecule has 4 aromatic rings. The monoisotopic (exact) mass is 557 g/mol. The average molecular weight is 558 g/mol. The summed E-state index contributed by atoms with van der Waals surface area (Å²) in [6, 6.07) is 8.61. The Balaban J connectivity index is 1.88. The van der Waals surface area contributed by atoms with Gasteiger partial charge in [-0.3, -0.25) is 4.79 Å². The molecule has 37 heavy (non-hydrogen) atoms. The van der Waals surface area contributed by atoms with Crippen LogP contribution < -0.4 is 9.74 Å². The van der Waals surface area contributed by atoms with Gasteiger partial charge in [0.25, 0.3) is 5.56 Å². The second kappa shape index (κ2) is 9.23. The third-order valence-electron chi connectivity index (χ3n) is 5.25. The van der Waals surface area contributed by atoms with Gasteiger partial charge in [-0.1, -0.05) is 29.0 Å². The first kappa shape index (κ1) is 26.2. The number of benzene rings is 2. The number of hydrogen-bond acceptors (Lipinski definition) is 8. The van der Waals surface area contributed by atoms with Crippen molar-refractivity contribution in [1.82, 2.24) is 14.8 Å². The second-order valence-corrected chi connectivity index (χ2v) is 10.8. The molecule has 0 atom stereocenters. The molecule has 0 saturated carbocycles. The fourth-order valence-electron chi connectivity index (χ4n) is 3.42. The van der Waals surface area contributed by atoms with E-state index < -0.39 is 54.1 Å². The van der Waals surface area contributed by atoms with Crippen LogP contribution in [0.1, 0.15) is 12.5 Å². The highest BCUT2D eigenvalue weighted by atomic mass is 32.3. The minimum Gasteiger partial charge on any atom is -0.358 e. The minimum absolute atomic E-state index is 0.114. The van der Waals surface area contributed by atoms with Crippen LogP contribution in [0.3, 0.4) is 0 Å². The van der Waals surface area contributed by atoms with Crippen LogP contribution in [0, 0.1) is 0 Å². The van der Waals surface area contributed by atoms with Crippen LogP contribution in [-0.2, 0) is 26.5 Å². The molecule has 2 heterocycles. The van der Waals surface area contributed by atoms with Crippen molar-refractivity contribution in [3.05, 3.63) is 76.8 Å². The van der Waals surface area contributed by atoms with Crippen molar-refractivity contribution >= 4 is 31.1 Å². The number of pyridine rings is 1. The average Bonchev–Trinajstić information content (AvgIpc) is 2.83. The van der Waals surface area contributed by atoms with E-state index in [1.54, 1.807) is 0 Å². The van der Waals surface area contributed by atoms with E-state index in [4.69, 9.17) is 0 Å². The number of aromatic nitrogens is 3. The summed E-state index contributed by atoms with van der Waals surface area (Å²) in [6.45, 7) is 1.35. The molecular formula is C22H15F4N3O6S2. The summed E-state index contributed by atoms with van der Waals surface area (Å²) in [7, 11) is -9.28. The molecule has 9 nitrogen and oxygen atoms in total. The molecule has 194 valence electrons. The van der Waals surface area contributed by atoms with Crippen molar-refractivity contribution in [2.45, 2.75) is 18.0 Å². The lowest BCUT2D eigenvalue weighted by Crippen LogP contribution is -2.25. The van der Waals surface area contributed by atoms with Gasteiger partial charge in [-0.2, -0.15) is 31.4 Å². The Hall–Kier alpha value is -3.85. The third kappa shape index (κ3) is 5.46. The van der Waals surface area contributed by atoms with Crippen molar-refractivity contribution in [2.75, 3.05) is 5.75 Å². The van der Waals surface area contributed by atoms with Crippen molar-refractivity contribution < 1.29 is 38.1 Å². The summed E-state index contributed by atoms with van der Waals surface area (Å²) >= 11 is 0. The predicted molar refractivity (Wildman–Crippen MR) is 124 cm³/mol. The van der Waals surface area contributed by atoms with E-state index >= 15 is 0 Å². The number of sulfone groups is 1. The number of alkyl halides is 3. The number of hydrogen-bond donors (Lipinski definition) is 0. The molecule has 2 aromatic carbocycles. The Kier molecular flexibility index (Phi) is 6.54. The first-order valence-corrected chi connectivity index (χ1v) is 13.2. The summed E-state index contributed by atoms with van der Waals surface area (Å²) in [6.07, 6.45) is -2.40. The van der Waals surface area contributed by atoms with Gasteiger partial charge in [0.2, 0.25) is 0 Å². The summed E-state index contributed by atoms with van der Waals surface area (Å²) < 4.78 is 104. The van der Waals surface area contributed by atoms with Gasteiger partial charge in [0, 0.05) is 17.1 Å². The van der Waals surface area contributed by atoms with Gasteiger partial charge in [0.1, 0.15) is 10.6 Å². The zero-order chi connectivity index (χ0) is 27.2. The van der Waals surface area contributed by atoms with Crippen molar-refractivity contribution in [3.8, 4) is 22.7 Å². The van der Waals surface area contributed by atoms with E-state index in [0.29, 0.717) is 16.3 Å². The quantitative estimate of drug-likeness (QED) is 0.259. The van der Waals surface area contributed by atoms with Crippen molar-refractivity contribution in [2.24, 2.45) is 0 Å². The lowest BCUT2D eigenvalue weighted by Gasteiger charge is -2.13. The highest BCUT2D eigenvalue weighted by Gasteiger charge is 2.31. The molecule has 0 aliphatic rings. The standard InChI is InChI=1S/C22H15F4N3O6S2/c1-2-36(31,32)19-9-15(13-4-7-17(8-5-13)35-37(26,33)34)11-27-20(19)29-21(30)18-10-16(22(23,24)25)6-3-14(18)12-28-29/h3-12H,2H2,1H3. The first-order chi connectivity index (χ1) is 17.2. The molecule has 0 spiro atoms. The summed E-state index contributed by atoms with van der Waals surface area (Å²) in [5.74, 6) is -1.15. The van der Waals surface area contributed by atoms with E-state index in [-0.39, 0.29) is 22.1 Å². The van der Waals surface area contributed by atoms with Crippen LogP contribution in [-0.4, -0.2) is 37.4 Å². The van der Waals surface area contributed by atoms with Crippen LogP contribution in [0.2, 0.25) is 0 Å². The molecule has 15 heteroatoms. The Morgan fingerprint density at radius 3 is 2.22 bits per heavy atom. The fraction of sp³-hybridized carbons (Fsp3) is 0.136. The Bertz CT molecular complexity index is 1790. The molecule has 0 aliphatic carbocycles. The summed E-state index contributed by atoms with van der Waals surface area (Å²) in [5.41, 5.74) is -1.51. The van der Waals surface area contributed by atoms with Crippen LogP contribution in [0.5, 0.6) is 5.75 Å². The van der Waals surface area contributed by atoms with Crippen molar-refractivity contribution in [3.63, 3.8) is 0 Å². The van der Waals surface area contributed by atoms with Gasteiger partial charge < -0.3 is 4.18 Å². The molecule has 0 N–H and O–H groups in total. The number of halogens is 4. The van der Waals surface area contributed by atoms with Crippen LogP contribution in [0.4, 0.5) is 17.1 Å². The Labute approximate surface area is 207 Å². The molecule has 0 bridgehead atoms. The molecule has 0 aliphatic heterocycles. The zero-order valence-electron chi connectivity index (χ0n) is 18.6. The third-order valence-corrected chi connectivity index (χ3v) is 7.37. The maximum absolute atomic E-state index is 13.2. The van der Waals surface area contributed by atoms with Gasteiger partial charge >= 0.3 is 16.7 Å². The lowest BCUT2D eigenvalue weighted by molar-refractivity contribution is -0.137. The largest absolute Gasteiger partial charge is 0.488 e. The maximum Gasteiger partial charge on any atom is 0.488 e. The van der Waals surface area contributed by atoms with Gasteiger partial charge in [-0.05, 0) is 35.9 Å². The molecule has 4 rings (SSSR count). The lowest BCUT2D eigenvalue weighted by atomic mass is 10.1. The van der Waals surface area contributed by atoms with Gasteiger partial charge in [-0.15, -0.1) is 0 Å². The fourth-order valence-corrected chi connectivity index (χ4v) is 4.80. The molecule has 0 fully saturated rings. The van der Waals surface area contributed by atoms with Gasteiger partial charge in [0.15, 0.2) is 15.7 Å². The second-order valence-electron chi connectivity index (χ2n) is 7.61. The van der Waals surface area contributed by atoms with Crippen molar-refractivity contribution in [1.29, 1.82) is 0 Å².